The molecule has 2 unspecified atom stereocenters. The van der Waals surface area contributed by atoms with Crippen molar-refractivity contribution in [2.45, 2.75) is 103 Å². The lowest BCUT2D eigenvalue weighted by Gasteiger charge is -2.32. The Labute approximate surface area is 451 Å². The second-order valence-corrected chi connectivity index (χ2v) is 20.7. The highest BCUT2D eigenvalue weighted by atomic mass is 16.6. The zero-order valence-corrected chi connectivity index (χ0v) is 45.9. The number of amides is 6. The van der Waals surface area contributed by atoms with Gasteiger partial charge in [0, 0.05) is 111 Å². The lowest BCUT2D eigenvalue weighted by atomic mass is 9.88. The molecule has 0 spiro atoms. The smallest absolute Gasteiger partial charge is 0.410 e. The minimum absolute atomic E-state index is 0.0136. The van der Waals surface area contributed by atoms with E-state index in [0.717, 1.165) is 9.80 Å². The first-order valence-corrected chi connectivity index (χ1v) is 26.2. The van der Waals surface area contributed by atoms with Crippen LogP contribution in [-0.2, 0) is 52.6 Å². The highest BCUT2D eigenvalue weighted by molar-refractivity contribution is 5.83. The Morgan fingerprint density at radius 2 is 0.883 bits per heavy atom. The molecule has 6 amide bonds. The van der Waals surface area contributed by atoms with Crippen molar-refractivity contribution in [3.05, 3.63) is 12.2 Å². The Kier molecular flexibility index (Phi) is 30.7. The van der Waals surface area contributed by atoms with Crippen LogP contribution >= 0.6 is 0 Å². The van der Waals surface area contributed by atoms with E-state index in [1.54, 1.807) is 45.6 Å². The second-order valence-electron chi connectivity index (χ2n) is 20.7. The van der Waals surface area contributed by atoms with Crippen LogP contribution in [0.1, 0.15) is 85.5 Å². The molecule has 1 aliphatic heterocycles. The standard InChI is InChI=1S/C50H86N10O17/c1-49(2,17-30-75-50(3,4)16-15-42(64)65)46(72)54-21-10-20-52-40(62)32-56(6)48(74)77-38-12-8-7-11-37(13-14-38)76-47(73)55(5)31-39(61)51-18-9-19-53-41(63)33-57-22-24-58(34-43(66)67)26-28-60(36-45(70)71)29-27-59(25-23-57)35-44(68)69/h13-14,37-38H,7-12,15-36H2,1-6H3,(H,51,61)(H,52,62)(H,53,63)(H,54,72)(H,64,65)(H,66,67)(H,68,69)(H,70,71)/b14-13+. The van der Waals surface area contributed by atoms with E-state index in [2.05, 4.69) is 21.3 Å². The summed E-state index contributed by atoms with van der Waals surface area (Å²) in [5.74, 6) is -5.46. The molecule has 0 radical (unpaired) electrons. The Morgan fingerprint density at radius 1 is 0.519 bits per heavy atom. The van der Waals surface area contributed by atoms with Gasteiger partial charge in [0.05, 0.1) is 31.8 Å². The lowest BCUT2D eigenvalue weighted by molar-refractivity contribution is -0.140. The van der Waals surface area contributed by atoms with Crippen LogP contribution in [0.4, 0.5) is 9.59 Å². The molecule has 27 heteroatoms. The van der Waals surface area contributed by atoms with Crippen molar-refractivity contribution < 1.29 is 82.6 Å². The van der Waals surface area contributed by atoms with E-state index in [9.17, 15) is 63.3 Å². The molecule has 77 heavy (non-hydrogen) atoms. The molecule has 27 nitrogen and oxygen atoms in total. The molecule has 1 aliphatic carbocycles. The predicted octanol–water partition coefficient (Wildman–Crippen LogP) is -0.213. The Balaban J connectivity index is 1.73. The van der Waals surface area contributed by atoms with E-state index >= 15 is 0 Å². The third kappa shape index (κ3) is 31.0. The molecule has 2 rings (SSSR count). The van der Waals surface area contributed by atoms with E-state index in [4.69, 9.17) is 19.3 Å². The number of ether oxygens (including phenoxy) is 3. The summed E-state index contributed by atoms with van der Waals surface area (Å²) in [6, 6.07) is 0. The van der Waals surface area contributed by atoms with Crippen molar-refractivity contribution in [2.24, 2.45) is 5.41 Å². The number of aliphatic carboxylic acids is 4. The van der Waals surface area contributed by atoms with Gasteiger partial charge >= 0.3 is 36.1 Å². The van der Waals surface area contributed by atoms with Crippen molar-refractivity contribution in [3.8, 4) is 0 Å². The minimum atomic E-state index is -1.05. The molecule has 0 aromatic heterocycles. The molecule has 438 valence electrons. The van der Waals surface area contributed by atoms with Crippen LogP contribution in [0.5, 0.6) is 0 Å². The number of hydrogen-bond donors (Lipinski definition) is 8. The van der Waals surface area contributed by atoms with Crippen molar-refractivity contribution in [1.82, 2.24) is 50.7 Å². The fourth-order valence-corrected chi connectivity index (χ4v) is 7.96. The Morgan fingerprint density at radius 3 is 1.26 bits per heavy atom. The largest absolute Gasteiger partial charge is 0.481 e. The first-order valence-electron chi connectivity index (χ1n) is 26.2. The first-order chi connectivity index (χ1) is 36.2. The van der Waals surface area contributed by atoms with E-state index in [1.165, 1.54) is 14.1 Å². The first kappa shape index (κ1) is 67.0. The molecular formula is C50H86N10O17. The van der Waals surface area contributed by atoms with Crippen LogP contribution in [0.3, 0.4) is 0 Å². The normalized spacial score (nSPS) is 18.1. The van der Waals surface area contributed by atoms with Gasteiger partial charge in [0.2, 0.25) is 23.6 Å². The molecular weight excluding hydrogens is 1010 g/mol. The highest BCUT2D eigenvalue weighted by Crippen LogP contribution is 2.24. The van der Waals surface area contributed by atoms with Gasteiger partial charge in [-0.15, -0.1) is 0 Å². The number of carboxylic acid groups (broad SMARTS) is 4. The van der Waals surface area contributed by atoms with Crippen molar-refractivity contribution in [1.29, 1.82) is 0 Å². The third-order valence-electron chi connectivity index (χ3n) is 12.8. The van der Waals surface area contributed by atoms with E-state index in [-0.39, 0.29) is 136 Å². The molecule has 8 N–H and O–H groups in total. The van der Waals surface area contributed by atoms with Gasteiger partial charge in [-0.2, -0.15) is 0 Å². The quantitative estimate of drug-likeness (QED) is 0.0341. The molecule has 0 bridgehead atoms. The summed E-state index contributed by atoms with van der Waals surface area (Å²) in [7, 11) is 2.84. The number of likely N-dealkylation sites (N-methyl/N-ethyl adjacent to an activating group) is 2. The topological polar surface area (TPSA) is 347 Å². The van der Waals surface area contributed by atoms with Crippen LogP contribution in [-0.4, -0.2) is 266 Å². The predicted molar refractivity (Wildman–Crippen MR) is 279 cm³/mol. The Hall–Kier alpha value is -6.16. The summed E-state index contributed by atoms with van der Waals surface area (Å²) < 4.78 is 17.1. The number of carbonyl (C=O) groups is 10. The van der Waals surface area contributed by atoms with E-state index in [1.807, 2.05) is 13.8 Å². The molecule has 0 aromatic rings. The molecule has 1 fully saturated rings. The van der Waals surface area contributed by atoms with Gasteiger partial charge in [-0.1, -0.05) is 13.8 Å². The van der Waals surface area contributed by atoms with Gasteiger partial charge in [-0.25, -0.2) is 9.59 Å². The number of hydrogen-bond acceptors (Lipinski definition) is 17. The fourth-order valence-electron chi connectivity index (χ4n) is 7.96. The van der Waals surface area contributed by atoms with Gasteiger partial charge in [0.15, 0.2) is 0 Å². The van der Waals surface area contributed by atoms with Crippen molar-refractivity contribution in [3.63, 3.8) is 0 Å². The third-order valence-corrected chi connectivity index (χ3v) is 12.8. The maximum Gasteiger partial charge on any atom is 0.410 e. The van der Waals surface area contributed by atoms with Crippen LogP contribution in [0, 0.1) is 5.41 Å². The maximum atomic E-state index is 13.0. The zero-order chi connectivity index (χ0) is 57.6. The lowest BCUT2D eigenvalue weighted by Crippen LogP contribution is -2.49. The molecule has 1 saturated heterocycles. The van der Waals surface area contributed by atoms with Gasteiger partial charge in [-0.3, -0.25) is 58.0 Å². The number of rotatable bonds is 30. The number of carbonyl (C=O) groups excluding carboxylic acids is 6. The molecule has 0 saturated carbocycles. The average molecular weight is 1100 g/mol. The molecule has 2 atom stereocenters. The van der Waals surface area contributed by atoms with Crippen LogP contribution in [0.2, 0.25) is 0 Å². The highest BCUT2D eigenvalue weighted by Gasteiger charge is 2.30. The van der Waals surface area contributed by atoms with Crippen LogP contribution in [0.25, 0.3) is 0 Å². The second kappa shape index (κ2) is 35.3. The van der Waals surface area contributed by atoms with Gasteiger partial charge in [0.25, 0.3) is 0 Å². The summed E-state index contributed by atoms with van der Waals surface area (Å²) >= 11 is 0. The maximum absolute atomic E-state index is 13.0. The molecule has 2 aliphatic rings. The summed E-state index contributed by atoms with van der Waals surface area (Å²) in [5, 5.41) is 48.3. The van der Waals surface area contributed by atoms with Gasteiger partial charge < -0.3 is 65.7 Å². The number of nitrogens with one attached hydrogen (secondary N) is 4. The van der Waals surface area contributed by atoms with Gasteiger partial charge in [-0.05, 0) is 77.4 Å². The van der Waals surface area contributed by atoms with Crippen molar-refractivity contribution >= 4 is 59.7 Å². The number of nitrogens with zero attached hydrogens (tertiary/aromatic N) is 6. The molecule has 1 heterocycles. The van der Waals surface area contributed by atoms with E-state index in [0.29, 0.717) is 57.9 Å². The SMILES string of the molecule is CN(CC(=O)NCCCNC(=O)CN1CCN(CC(=O)O)CCN(CC(=O)O)CCN(CC(=O)O)CC1)C(=O)OC1/C=C/C(OC(=O)N(C)CC(=O)NCCCNC(=O)C(C)(C)CCOC(C)(C)CCC(=O)O)CCCC1. The van der Waals surface area contributed by atoms with Crippen molar-refractivity contribution in [2.75, 3.05) is 139 Å². The molecule has 0 aromatic carbocycles. The van der Waals surface area contributed by atoms with E-state index < -0.39 is 71.1 Å². The zero-order valence-electron chi connectivity index (χ0n) is 45.9. The van der Waals surface area contributed by atoms with Crippen LogP contribution in [0.15, 0.2) is 12.2 Å². The number of carboxylic acids is 4. The summed E-state index contributed by atoms with van der Waals surface area (Å²) in [5.41, 5.74) is -1.37. The Bertz CT molecular complexity index is 1940. The summed E-state index contributed by atoms with van der Waals surface area (Å²) in [6.07, 6.45) is 4.36. The van der Waals surface area contributed by atoms with Gasteiger partial charge in [0.1, 0.15) is 25.3 Å². The average Bonchev–Trinajstić information content (AvgIpc) is 3.32. The summed E-state index contributed by atoms with van der Waals surface area (Å²) in [6.45, 7) is 9.06. The monoisotopic (exact) mass is 1100 g/mol. The fraction of sp³-hybridized carbons (Fsp3) is 0.760. The van der Waals surface area contributed by atoms with Crippen LogP contribution < -0.4 is 21.3 Å². The summed E-state index contributed by atoms with van der Waals surface area (Å²) in [4.78, 5) is 131. The minimum Gasteiger partial charge on any atom is -0.481 e.